The van der Waals surface area contributed by atoms with Gasteiger partial charge in [0.25, 0.3) is 0 Å². The molecule has 1 aliphatic rings. The molecule has 0 aliphatic heterocycles. The first-order valence-corrected chi connectivity index (χ1v) is 7.95. The molecule has 0 bridgehead atoms. The number of carbonyl (C=O) groups excluding carboxylic acids is 1. The van der Waals surface area contributed by atoms with Crippen LogP contribution < -0.4 is 11.1 Å². The van der Waals surface area contributed by atoms with Gasteiger partial charge in [-0.05, 0) is 55.6 Å². The fourth-order valence-electron chi connectivity index (χ4n) is 2.08. The zero-order valence-electron chi connectivity index (χ0n) is 12.9. The van der Waals surface area contributed by atoms with Crippen LogP contribution in [0, 0.1) is 17.8 Å². The van der Waals surface area contributed by atoms with E-state index in [1.54, 1.807) is 6.20 Å². The molecule has 0 saturated heterocycles. The Morgan fingerprint density at radius 2 is 2.18 bits per heavy atom. The van der Waals surface area contributed by atoms with Crippen molar-refractivity contribution < 1.29 is 9.53 Å². The van der Waals surface area contributed by atoms with Crippen molar-refractivity contribution >= 4 is 27.8 Å². The molecule has 0 aromatic carbocycles. The number of carbonyl (C=O) groups is 1. The van der Waals surface area contributed by atoms with Gasteiger partial charge >= 0.3 is 6.09 Å². The van der Waals surface area contributed by atoms with Crippen LogP contribution in [-0.2, 0) is 4.74 Å². The van der Waals surface area contributed by atoms with Crippen LogP contribution in [0.3, 0.4) is 0 Å². The third-order valence-corrected chi connectivity index (χ3v) is 3.85. The van der Waals surface area contributed by atoms with Gasteiger partial charge in [0.1, 0.15) is 11.4 Å². The highest BCUT2D eigenvalue weighted by molar-refractivity contribution is 9.10. The van der Waals surface area contributed by atoms with Gasteiger partial charge < -0.3 is 15.8 Å². The molecule has 5 nitrogen and oxygen atoms in total. The predicted molar refractivity (Wildman–Crippen MR) is 89.1 cm³/mol. The SMILES string of the molecule is CC(C)(C)OC(=O)N[C@H]1C[C@@H](C#Cc2c(Br)ccnc2N)C1. The maximum absolute atomic E-state index is 11.6. The molecule has 118 valence electrons. The van der Waals surface area contributed by atoms with E-state index >= 15 is 0 Å². The lowest BCUT2D eigenvalue weighted by atomic mass is 9.81. The van der Waals surface area contributed by atoms with E-state index in [-0.39, 0.29) is 18.1 Å². The maximum Gasteiger partial charge on any atom is 0.407 e. The van der Waals surface area contributed by atoms with Crippen molar-refractivity contribution in [3.63, 3.8) is 0 Å². The molecular formula is C16H20BrN3O2. The van der Waals surface area contributed by atoms with Gasteiger partial charge in [-0.15, -0.1) is 0 Å². The Labute approximate surface area is 139 Å². The molecule has 0 atom stereocenters. The molecule has 0 unspecified atom stereocenters. The van der Waals surface area contributed by atoms with E-state index in [1.165, 1.54) is 0 Å². The van der Waals surface area contributed by atoms with Crippen LogP contribution in [0.5, 0.6) is 0 Å². The Hall–Kier alpha value is -1.74. The van der Waals surface area contributed by atoms with Crippen molar-refractivity contribution in [3.05, 3.63) is 22.3 Å². The van der Waals surface area contributed by atoms with Crippen LogP contribution in [0.1, 0.15) is 39.2 Å². The predicted octanol–water partition coefficient (Wildman–Crippen LogP) is 3.08. The highest BCUT2D eigenvalue weighted by Crippen LogP contribution is 2.27. The molecule has 1 heterocycles. The second kappa shape index (κ2) is 6.57. The maximum atomic E-state index is 11.6. The average molecular weight is 366 g/mol. The second-order valence-corrected chi connectivity index (χ2v) is 7.19. The summed E-state index contributed by atoms with van der Waals surface area (Å²) in [4.78, 5) is 15.7. The summed E-state index contributed by atoms with van der Waals surface area (Å²) in [6.45, 7) is 5.54. The van der Waals surface area contributed by atoms with Crippen LogP contribution in [-0.4, -0.2) is 22.7 Å². The van der Waals surface area contributed by atoms with Crippen molar-refractivity contribution in [2.75, 3.05) is 5.73 Å². The summed E-state index contributed by atoms with van der Waals surface area (Å²) in [7, 11) is 0. The number of aromatic nitrogens is 1. The lowest BCUT2D eigenvalue weighted by Crippen LogP contribution is -2.45. The highest BCUT2D eigenvalue weighted by atomic mass is 79.9. The number of nitrogens with two attached hydrogens (primary N) is 1. The van der Waals surface area contributed by atoms with Gasteiger partial charge in [0, 0.05) is 22.6 Å². The molecule has 0 radical (unpaired) electrons. The number of pyridine rings is 1. The van der Waals surface area contributed by atoms with Gasteiger partial charge in [-0.25, -0.2) is 9.78 Å². The molecule has 3 N–H and O–H groups in total. The Balaban J connectivity index is 1.84. The Kier molecular flexibility index (Phi) is 4.97. The van der Waals surface area contributed by atoms with Crippen LogP contribution in [0.4, 0.5) is 10.6 Å². The molecule has 1 fully saturated rings. The van der Waals surface area contributed by atoms with Gasteiger partial charge in [0.2, 0.25) is 0 Å². The van der Waals surface area contributed by atoms with Crippen LogP contribution in [0.15, 0.2) is 16.7 Å². The first-order chi connectivity index (χ1) is 10.2. The molecule has 1 aromatic heterocycles. The summed E-state index contributed by atoms with van der Waals surface area (Å²) < 4.78 is 6.07. The number of alkyl carbamates (subject to hydrolysis) is 1. The average Bonchev–Trinajstić information content (AvgIpc) is 2.32. The first kappa shape index (κ1) is 16.6. The molecule has 1 amide bonds. The van der Waals surface area contributed by atoms with Gasteiger partial charge in [0.05, 0.1) is 5.56 Å². The van der Waals surface area contributed by atoms with E-state index < -0.39 is 5.60 Å². The second-order valence-electron chi connectivity index (χ2n) is 6.33. The van der Waals surface area contributed by atoms with Gasteiger partial charge in [-0.3, -0.25) is 0 Å². The number of nitrogens with one attached hydrogen (secondary N) is 1. The zero-order valence-corrected chi connectivity index (χ0v) is 14.5. The number of rotatable bonds is 1. The molecular weight excluding hydrogens is 346 g/mol. The first-order valence-electron chi connectivity index (χ1n) is 7.15. The largest absolute Gasteiger partial charge is 0.444 e. The number of amides is 1. The van der Waals surface area contributed by atoms with Crippen molar-refractivity contribution in [2.24, 2.45) is 5.92 Å². The minimum absolute atomic E-state index is 0.129. The smallest absolute Gasteiger partial charge is 0.407 e. The van der Waals surface area contributed by atoms with Crippen LogP contribution in [0.2, 0.25) is 0 Å². The minimum Gasteiger partial charge on any atom is -0.444 e. The minimum atomic E-state index is -0.475. The quantitative estimate of drug-likeness (QED) is 0.749. The van der Waals surface area contributed by atoms with Gasteiger partial charge in [-0.2, -0.15) is 0 Å². The van der Waals surface area contributed by atoms with Gasteiger partial charge in [0.15, 0.2) is 0 Å². The number of nitrogens with zero attached hydrogens (tertiary/aromatic N) is 1. The number of nitrogen functional groups attached to an aromatic ring is 1. The van der Waals surface area contributed by atoms with E-state index in [1.807, 2.05) is 26.8 Å². The van der Waals surface area contributed by atoms with Crippen molar-refractivity contribution in [2.45, 2.75) is 45.3 Å². The third kappa shape index (κ3) is 4.63. The fraction of sp³-hybridized carbons (Fsp3) is 0.500. The Bertz CT molecular complexity index is 602. The van der Waals surface area contributed by atoms with E-state index in [0.29, 0.717) is 11.4 Å². The summed E-state index contributed by atoms with van der Waals surface area (Å²) in [5.74, 6) is 6.92. The normalized spacial score (nSPS) is 20.4. The third-order valence-electron chi connectivity index (χ3n) is 3.19. The molecule has 1 saturated carbocycles. The highest BCUT2D eigenvalue weighted by Gasteiger charge is 2.30. The molecule has 1 aliphatic carbocycles. The lowest BCUT2D eigenvalue weighted by molar-refractivity contribution is 0.0467. The van der Waals surface area contributed by atoms with Crippen molar-refractivity contribution in [1.29, 1.82) is 0 Å². The molecule has 22 heavy (non-hydrogen) atoms. The molecule has 2 rings (SSSR count). The van der Waals surface area contributed by atoms with Crippen LogP contribution >= 0.6 is 15.9 Å². The number of hydrogen-bond donors (Lipinski definition) is 2. The summed E-state index contributed by atoms with van der Waals surface area (Å²) >= 11 is 3.41. The van der Waals surface area contributed by atoms with E-state index in [4.69, 9.17) is 10.5 Å². The lowest BCUT2D eigenvalue weighted by Gasteiger charge is -2.33. The number of halogens is 1. The van der Waals surface area contributed by atoms with Crippen LogP contribution in [0.25, 0.3) is 0 Å². The monoisotopic (exact) mass is 365 g/mol. The molecule has 6 heteroatoms. The number of hydrogen-bond acceptors (Lipinski definition) is 4. The van der Waals surface area contributed by atoms with Crippen molar-refractivity contribution in [3.8, 4) is 11.8 Å². The van der Waals surface area contributed by atoms with E-state index in [0.717, 1.165) is 17.3 Å². The van der Waals surface area contributed by atoms with Crippen molar-refractivity contribution in [1.82, 2.24) is 10.3 Å². The molecule has 1 aromatic rings. The number of anilines is 1. The summed E-state index contributed by atoms with van der Waals surface area (Å²) in [6, 6.07) is 1.94. The van der Waals surface area contributed by atoms with E-state index in [2.05, 4.69) is 38.1 Å². The summed E-state index contributed by atoms with van der Waals surface area (Å²) in [5, 5.41) is 2.85. The standard InChI is InChI=1S/C16H20BrN3O2/c1-16(2,3)22-15(21)20-11-8-10(9-11)4-5-12-13(17)6-7-19-14(12)18/h6-7,10-11H,8-9H2,1-3H3,(H2,18,19)(H,20,21)/t10-,11+. The zero-order chi connectivity index (χ0) is 16.3. The summed E-state index contributed by atoms with van der Waals surface area (Å²) in [6.07, 6.45) is 2.91. The Morgan fingerprint density at radius 1 is 1.50 bits per heavy atom. The fourth-order valence-corrected chi connectivity index (χ4v) is 2.50. The molecule has 0 spiro atoms. The summed E-state index contributed by atoms with van der Waals surface area (Å²) in [5.41, 5.74) is 6.04. The van der Waals surface area contributed by atoms with Gasteiger partial charge in [-0.1, -0.05) is 11.8 Å². The topological polar surface area (TPSA) is 77.2 Å². The number of ether oxygens (including phenoxy) is 1. The van der Waals surface area contributed by atoms with E-state index in [9.17, 15) is 4.79 Å². The Morgan fingerprint density at radius 3 is 2.77 bits per heavy atom.